The molecule has 0 amide bonds. The molecule has 0 aliphatic heterocycles. The molecule has 1 unspecified atom stereocenters. The van der Waals surface area contributed by atoms with Crippen LogP contribution in [0, 0.1) is 5.92 Å². The zero-order valence-electron chi connectivity index (χ0n) is 10.7. The summed E-state index contributed by atoms with van der Waals surface area (Å²) < 4.78 is 10.0. The van der Waals surface area contributed by atoms with Crippen molar-refractivity contribution >= 4 is 11.9 Å². The lowest BCUT2D eigenvalue weighted by atomic mass is 10.2. The van der Waals surface area contributed by atoms with Crippen molar-refractivity contribution in [1.29, 1.82) is 0 Å². The topological polar surface area (TPSA) is 52.6 Å². The van der Waals surface area contributed by atoms with Crippen LogP contribution in [0.5, 0.6) is 5.75 Å². The minimum atomic E-state index is -0.901. The van der Waals surface area contributed by atoms with Crippen LogP contribution in [0.2, 0.25) is 0 Å². The highest BCUT2D eigenvalue weighted by atomic mass is 16.6. The number of ether oxygens (including phenoxy) is 2. The smallest absolute Gasteiger partial charge is 0.325 e. The predicted molar refractivity (Wildman–Crippen MR) is 67.1 cm³/mol. The normalized spacial score (nSPS) is 11.7. The molecule has 0 spiro atoms. The van der Waals surface area contributed by atoms with E-state index in [2.05, 4.69) is 0 Å². The van der Waals surface area contributed by atoms with Gasteiger partial charge in [-0.05, 0) is 25.5 Å². The number of esters is 2. The zero-order valence-corrected chi connectivity index (χ0v) is 10.7. The summed E-state index contributed by atoms with van der Waals surface area (Å²) in [6.07, 6.45) is 1.74. The summed E-state index contributed by atoms with van der Waals surface area (Å²) in [5.41, 5.74) is 0. The third kappa shape index (κ3) is 4.57. The third-order valence-electron chi connectivity index (χ3n) is 2.41. The lowest BCUT2D eigenvalue weighted by molar-refractivity contribution is -0.156. The van der Waals surface area contributed by atoms with Crippen LogP contribution in [0.25, 0.3) is 0 Å². The zero-order chi connectivity index (χ0) is 13.4. The largest absolute Gasteiger partial charge is 0.465 e. The van der Waals surface area contributed by atoms with Gasteiger partial charge in [-0.1, -0.05) is 31.5 Å². The van der Waals surface area contributed by atoms with E-state index in [4.69, 9.17) is 9.47 Å². The first-order chi connectivity index (χ1) is 8.65. The van der Waals surface area contributed by atoms with E-state index < -0.39 is 17.9 Å². The van der Waals surface area contributed by atoms with Crippen LogP contribution in [-0.4, -0.2) is 18.5 Å². The third-order valence-corrected chi connectivity index (χ3v) is 2.41. The van der Waals surface area contributed by atoms with E-state index in [9.17, 15) is 9.59 Å². The van der Waals surface area contributed by atoms with E-state index in [1.165, 1.54) is 6.92 Å². The molecule has 0 saturated carbocycles. The molecule has 18 heavy (non-hydrogen) atoms. The van der Waals surface area contributed by atoms with E-state index in [0.717, 1.165) is 12.8 Å². The molecule has 0 aromatic heterocycles. The van der Waals surface area contributed by atoms with Crippen LogP contribution in [0.3, 0.4) is 0 Å². The van der Waals surface area contributed by atoms with Crippen LogP contribution < -0.4 is 4.74 Å². The van der Waals surface area contributed by atoms with Gasteiger partial charge in [0.15, 0.2) is 5.92 Å². The second kappa shape index (κ2) is 7.48. The molecule has 4 heteroatoms. The van der Waals surface area contributed by atoms with Crippen molar-refractivity contribution in [3.8, 4) is 5.75 Å². The van der Waals surface area contributed by atoms with Gasteiger partial charge >= 0.3 is 11.9 Å². The lowest BCUT2D eigenvalue weighted by Crippen LogP contribution is -2.27. The monoisotopic (exact) mass is 250 g/mol. The summed E-state index contributed by atoms with van der Waals surface area (Å²) in [6, 6.07) is 8.65. The minimum Gasteiger partial charge on any atom is -0.465 e. The first kappa shape index (κ1) is 14.2. The molecule has 1 rings (SSSR count). The van der Waals surface area contributed by atoms with E-state index in [-0.39, 0.29) is 0 Å². The highest BCUT2D eigenvalue weighted by Crippen LogP contribution is 2.12. The number of hydrogen-bond acceptors (Lipinski definition) is 4. The Morgan fingerprint density at radius 3 is 2.44 bits per heavy atom. The summed E-state index contributed by atoms with van der Waals surface area (Å²) in [4.78, 5) is 23.2. The maximum Gasteiger partial charge on any atom is 0.325 e. The van der Waals surface area contributed by atoms with Gasteiger partial charge in [-0.2, -0.15) is 0 Å². The number of unbranched alkanes of at least 4 members (excludes halogenated alkanes) is 1. The summed E-state index contributed by atoms with van der Waals surface area (Å²) in [6.45, 7) is 3.83. The standard InChI is InChI=1S/C14H18O4/c1-3-4-10-17-13(15)11(2)14(16)18-12-8-6-5-7-9-12/h5-9,11H,3-4,10H2,1-2H3. The average Bonchev–Trinajstić information content (AvgIpc) is 2.39. The minimum absolute atomic E-state index is 0.346. The van der Waals surface area contributed by atoms with Crippen molar-refractivity contribution < 1.29 is 19.1 Å². The van der Waals surface area contributed by atoms with E-state index in [1.807, 2.05) is 13.0 Å². The van der Waals surface area contributed by atoms with Crippen molar-refractivity contribution in [3.05, 3.63) is 30.3 Å². The lowest BCUT2D eigenvalue weighted by Gasteiger charge is -2.10. The Morgan fingerprint density at radius 2 is 1.83 bits per heavy atom. The van der Waals surface area contributed by atoms with E-state index in [0.29, 0.717) is 12.4 Å². The quantitative estimate of drug-likeness (QED) is 0.337. The van der Waals surface area contributed by atoms with Crippen LogP contribution in [-0.2, 0) is 14.3 Å². The predicted octanol–water partition coefficient (Wildman–Crippen LogP) is 2.57. The molecule has 0 N–H and O–H groups in total. The Bertz CT molecular complexity index is 386. The van der Waals surface area contributed by atoms with Crippen LogP contribution in [0.15, 0.2) is 30.3 Å². The van der Waals surface area contributed by atoms with Gasteiger partial charge in [0.05, 0.1) is 6.61 Å². The first-order valence-electron chi connectivity index (χ1n) is 6.08. The summed E-state index contributed by atoms with van der Waals surface area (Å²) >= 11 is 0. The molecular weight excluding hydrogens is 232 g/mol. The average molecular weight is 250 g/mol. The second-order valence-corrected chi connectivity index (χ2v) is 3.98. The number of hydrogen-bond donors (Lipinski definition) is 0. The Balaban J connectivity index is 2.43. The Kier molecular flexibility index (Phi) is 5.91. The number of carbonyl (C=O) groups excluding carboxylic acids is 2. The molecule has 0 saturated heterocycles. The fourth-order valence-corrected chi connectivity index (χ4v) is 1.23. The molecule has 0 heterocycles. The fraction of sp³-hybridized carbons (Fsp3) is 0.429. The summed E-state index contributed by atoms with van der Waals surface area (Å²) in [5.74, 6) is -1.61. The van der Waals surface area contributed by atoms with Gasteiger partial charge in [0, 0.05) is 0 Å². The fourth-order valence-electron chi connectivity index (χ4n) is 1.23. The molecule has 0 fully saturated rings. The first-order valence-corrected chi connectivity index (χ1v) is 6.08. The molecule has 1 aromatic carbocycles. The molecular formula is C14H18O4. The van der Waals surface area contributed by atoms with Gasteiger partial charge in [-0.3, -0.25) is 9.59 Å². The van der Waals surface area contributed by atoms with Gasteiger partial charge in [0.1, 0.15) is 5.75 Å². The van der Waals surface area contributed by atoms with Crippen molar-refractivity contribution in [1.82, 2.24) is 0 Å². The van der Waals surface area contributed by atoms with Crippen molar-refractivity contribution in [2.75, 3.05) is 6.61 Å². The van der Waals surface area contributed by atoms with Gasteiger partial charge in [0.2, 0.25) is 0 Å². The number of benzene rings is 1. The molecule has 0 bridgehead atoms. The Hall–Kier alpha value is -1.84. The second-order valence-electron chi connectivity index (χ2n) is 3.98. The molecule has 1 aromatic rings. The summed E-state index contributed by atoms with van der Waals surface area (Å²) in [5, 5.41) is 0. The molecule has 0 radical (unpaired) electrons. The van der Waals surface area contributed by atoms with Gasteiger partial charge in [0.25, 0.3) is 0 Å². The van der Waals surface area contributed by atoms with Crippen LogP contribution in [0.1, 0.15) is 26.7 Å². The van der Waals surface area contributed by atoms with Crippen LogP contribution >= 0.6 is 0 Å². The molecule has 1 atom stereocenters. The van der Waals surface area contributed by atoms with Crippen molar-refractivity contribution in [2.45, 2.75) is 26.7 Å². The highest BCUT2D eigenvalue weighted by molar-refractivity contribution is 5.95. The maximum absolute atomic E-state index is 11.7. The molecule has 0 aliphatic rings. The Labute approximate surface area is 107 Å². The van der Waals surface area contributed by atoms with E-state index >= 15 is 0 Å². The number of para-hydroxylation sites is 1. The number of rotatable bonds is 6. The Morgan fingerprint density at radius 1 is 1.17 bits per heavy atom. The van der Waals surface area contributed by atoms with Gasteiger partial charge in [-0.25, -0.2) is 0 Å². The van der Waals surface area contributed by atoms with Gasteiger partial charge < -0.3 is 9.47 Å². The molecule has 98 valence electrons. The maximum atomic E-state index is 11.7. The molecule has 4 nitrogen and oxygen atoms in total. The highest BCUT2D eigenvalue weighted by Gasteiger charge is 2.24. The molecule has 0 aliphatic carbocycles. The summed E-state index contributed by atoms with van der Waals surface area (Å²) in [7, 11) is 0. The SMILES string of the molecule is CCCCOC(=O)C(C)C(=O)Oc1ccccc1. The van der Waals surface area contributed by atoms with Gasteiger partial charge in [-0.15, -0.1) is 0 Å². The van der Waals surface area contributed by atoms with Crippen molar-refractivity contribution in [3.63, 3.8) is 0 Å². The van der Waals surface area contributed by atoms with Crippen molar-refractivity contribution in [2.24, 2.45) is 5.92 Å². The number of carbonyl (C=O) groups is 2. The van der Waals surface area contributed by atoms with Crippen LogP contribution in [0.4, 0.5) is 0 Å². The van der Waals surface area contributed by atoms with E-state index in [1.54, 1.807) is 24.3 Å².